The first-order valence-corrected chi connectivity index (χ1v) is 10.4. The molecule has 1 saturated heterocycles. The first-order chi connectivity index (χ1) is 15.8. The first-order valence-electron chi connectivity index (χ1n) is 10.4. The molecule has 1 aliphatic heterocycles. The molecule has 0 aliphatic carbocycles. The fourth-order valence-electron chi connectivity index (χ4n) is 3.56. The zero-order chi connectivity index (χ0) is 23.4. The van der Waals surface area contributed by atoms with E-state index in [0.717, 1.165) is 4.57 Å². The van der Waals surface area contributed by atoms with Crippen molar-refractivity contribution in [3.05, 3.63) is 36.5 Å². The van der Waals surface area contributed by atoms with Crippen LogP contribution in [0.25, 0.3) is 22.4 Å². The van der Waals surface area contributed by atoms with Crippen molar-refractivity contribution in [1.82, 2.24) is 19.9 Å². The van der Waals surface area contributed by atoms with Crippen LogP contribution in [0.4, 0.5) is 29.5 Å². The minimum absolute atomic E-state index is 0.125. The van der Waals surface area contributed by atoms with Crippen LogP contribution in [0, 0.1) is 0 Å². The average molecular weight is 464 g/mol. The summed E-state index contributed by atoms with van der Waals surface area (Å²) in [5.41, 5.74) is 1.29. The van der Waals surface area contributed by atoms with Gasteiger partial charge in [0.05, 0.1) is 25.2 Å². The molecule has 9 nitrogen and oxygen atoms in total. The summed E-state index contributed by atoms with van der Waals surface area (Å²) in [4.78, 5) is 22.8. The number of aromatic nitrogens is 3. The molecule has 4 rings (SSSR count). The number of urea groups is 1. The highest BCUT2D eigenvalue weighted by atomic mass is 19.4. The van der Waals surface area contributed by atoms with Gasteiger partial charge >= 0.3 is 12.2 Å². The number of hydrogen-bond donors (Lipinski definition) is 3. The van der Waals surface area contributed by atoms with Gasteiger partial charge in [-0.1, -0.05) is 0 Å². The van der Waals surface area contributed by atoms with Gasteiger partial charge in [-0.3, -0.25) is 0 Å². The highest BCUT2D eigenvalue weighted by Gasteiger charge is 2.29. The van der Waals surface area contributed by atoms with Gasteiger partial charge in [0.2, 0.25) is 0 Å². The molecule has 0 radical (unpaired) electrons. The molecule has 1 aliphatic rings. The lowest BCUT2D eigenvalue weighted by Crippen LogP contribution is -2.37. The zero-order valence-electron chi connectivity index (χ0n) is 17.6. The SMILES string of the molecule is O=C(NCCO)Nc1ccc(-c2nc(N3CCOCC3)c3ccn(CC(F)(F)F)c3n2)cc1. The summed E-state index contributed by atoms with van der Waals surface area (Å²) >= 11 is 0. The first kappa shape index (κ1) is 22.8. The Bertz CT molecular complexity index is 1110. The monoisotopic (exact) mass is 464 g/mol. The smallest absolute Gasteiger partial charge is 0.395 e. The maximum absolute atomic E-state index is 13.1. The van der Waals surface area contributed by atoms with Gasteiger partial charge in [0.15, 0.2) is 5.82 Å². The van der Waals surface area contributed by atoms with E-state index < -0.39 is 18.8 Å². The van der Waals surface area contributed by atoms with Crippen LogP contribution in [-0.4, -0.2) is 71.3 Å². The normalized spacial score (nSPS) is 14.5. The van der Waals surface area contributed by atoms with Crippen LogP contribution in [0.2, 0.25) is 0 Å². The molecular weight excluding hydrogens is 441 g/mol. The predicted octanol–water partition coefficient (Wildman–Crippen LogP) is 2.61. The molecule has 0 bridgehead atoms. The molecule has 0 unspecified atom stereocenters. The van der Waals surface area contributed by atoms with E-state index in [0.29, 0.717) is 48.8 Å². The van der Waals surface area contributed by atoms with Crippen molar-refractivity contribution in [2.75, 3.05) is 49.7 Å². The second-order valence-corrected chi connectivity index (χ2v) is 7.45. The molecule has 0 saturated carbocycles. The topological polar surface area (TPSA) is 105 Å². The predicted molar refractivity (Wildman–Crippen MR) is 116 cm³/mol. The van der Waals surface area contributed by atoms with E-state index in [2.05, 4.69) is 20.6 Å². The van der Waals surface area contributed by atoms with Gasteiger partial charge in [0.1, 0.15) is 18.0 Å². The van der Waals surface area contributed by atoms with E-state index >= 15 is 0 Å². The van der Waals surface area contributed by atoms with Crippen molar-refractivity contribution in [2.45, 2.75) is 12.7 Å². The van der Waals surface area contributed by atoms with Crippen LogP contribution in [0.3, 0.4) is 0 Å². The van der Waals surface area contributed by atoms with Gasteiger partial charge in [0.25, 0.3) is 0 Å². The van der Waals surface area contributed by atoms with Crippen LogP contribution in [0.5, 0.6) is 0 Å². The summed E-state index contributed by atoms with van der Waals surface area (Å²) in [7, 11) is 0. The molecule has 3 N–H and O–H groups in total. The number of alkyl halides is 3. The molecule has 0 spiro atoms. The van der Waals surface area contributed by atoms with Gasteiger partial charge in [-0.2, -0.15) is 13.2 Å². The quantitative estimate of drug-likeness (QED) is 0.518. The maximum Gasteiger partial charge on any atom is 0.406 e. The largest absolute Gasteiger partial charge is 0.406 e. The third kappa shape index (κ3) is 5.52. The van der Waals surface area contributed by atoms with E-state index in [1.54, 1.807) is 30.3 Å². The van der Waals surface area contributed by atoms with E-state index in [1.807, 2.05) is 4.90 Å². The molecule has 3 heterocycles. The van der Waals surface area contributed by atoms with Crippen molar-refractivity contribution < 1.29 is 27.8 Å². The third-order valence-corrected chi connectivity index (χ3v) is 5.06. The van der Waals surface area contributed by atoms with Gasteiger partial charge in [-0.25, -0.2) is 14.8 Å². The molecule has 1 fully saturated rings. The Morgan fingerprint density at radius 3 is 2.52 bits per heavy atom. The fraction of sp³-hybridized carbons (Fsp3) is 0.381. The third-order valence-electron chi connectivity index (χ3n) is 5.06. The van der Waals surface area contributed by atoms with Crippen LogP contribution in [0.15, 0.2) is 36.5 Å². The molecule has 2 amide bonds. The van der Waals surface area contributed by atoms with Gasteiger partial charge in [-0.05, 0) is 30.3 Å². The number of hydrogen-bond acceptors (Lipinski definition) is 6. The number of carbonyl (C=O) groups excluding carboxylic acids is 1. The standard InChI is InChI=1S/C21H23F3N6O3/c22-21(23,24)13-30-7-5-16-18(29-8-11-33-12-9-29)27-17(28-19(16)30)14-1-3-15(4-2-14)26-20(32)25-6-10-31/h1-5,7,31H,6,8-13H2,(H2,25,26,32). The fourth-order valence-corrected chi connectivity index (χ4v) is 3.56. The maximum atomic E-state index is 13.1. The summed E-state index contributed by atoms with van der Waals surface area (Å²) in [6, 6.07) is 7.79. The number of carbonyl (C=O) groups is 1. The van der Waals surface area contributed by atoms with Crippen LogP contribution in [-0.2, 0) is 11.3 Å². The summed E-state index contributed by atoms with van der Waals surface area (Å²) < 4.78 is 45.8. The number of amides is 2. The van der Waals surface area contributed by atoms with Crippen molar-refractivity contribution in [1.29, 1.82) is 0 Å². The lowest BCUT2D eigenvalue weighted by Gasteiger charge is -2.28. The highest BCUT2D eigenvalue weighted by Crippen LogP contribution is 2.31. The minimum Gasteiger partial charge on any atom is -0.395 e. The van der Waals surface area contributed by atoms with Crippen molar-refractivity contribution in [3.8, 4) is 11.4 Å². The Morgan fingerprint density at radius 2 is 1.85 bits per heavy atom. The second kappa shape index (κ2) is 9.63. The number of aliphatic hydroxyl groups is 1. The van der Waals surface area contributed by atoms with E-state index in [-0.39, 0.29) is 24.6 Å². The Morgan fingerprint density at radius 1 is 1.12 bits per heavy atom. The summed E-state index contributed by atoms with van der Waals surface area (Å²) in [5.74, 6) is 0.840. The number of nitrogens with zero attached hydrogens (tertiary/aromatic N) is 4. The van der Waals surface area contributed by atoms with E-state index in [9.17, 15) is 18.0 Å². The number of ether oxygens (including phenoxy) is 1. The van der Waals surface area contributed by atoms with Crippen LogP contribution in [0.1, 0.15) is 0 Å². The lowest BCUT2D eigenvalue weighted by molar-refractivity contribution is -0.139. The van der Waals surface area contributed by atoms with Gasteiger partial charge in [0, 0.05) is 37.1 Å². The molecular formula is C21H23F3N6O3. The Balaban J connectivity index is 1.69. The highest BCUT2D eigenvalue weighted by molar-refractivity contribution is 5.91. The number of anilines is 2. The number of aliphatic hydroxyl groups excluding tert-OH is 1. The lowest BCUT2D eigenvalue weighted by atomic mass is 10.2. The molecule has 33 heavy (non-hydrogen) atoms. The van der Waals surface area contributed by atoms with Crippen molar-refractivity contribution in [2.24, 2.45) is 0 Å². The molecule has 2 aromatic heterocycles. The molecule has 12 heteroatoms. The Labute approximate surface area is 187 Å². The Hall–Kier alpha value is -3.38. The second-order valence-electron chi connectivity index (χ2n) is 7.45. The van der Waals surface area contributed by atoms with Gasteiger partial charge < -0.3 is 29.9 Å². The number of morpholine rings is 1. The number of halogens is 3. The van der Waals surface area contributed by atoms with E-state index in [4.69, 9.17) is 9.84 Å². The molecule has 176 valence electrons. The molecule has 0 atom stereocenters. The summed E-state index contributed by atoms with van der Waals surface area (Å²) in [5, 5.41) is 14.4. The number of rotatable bonds is 6. The molecule has 3 aromatic rings. The number of fused-ring (bicyclic) bond motifs is 1. The summed E-state index contributed by atoms with van der Waals surface area (Å²) in [6.45, 7) is 0.948. The van der Waals surface area contributed by atoms with Gasteiger partial charge in [-0.15, -0.1) is 0 Å². The Kier molecular flexibility index (Phi) is 6.65. The number of nitrogens with one attached hydrogen (secondary N) is 2. The minimum atomic E-state index is -4.39. The molecule has 1 aromatic carbocycles. The summed E-state index contributed by atoms with van der Waals surface area (Å²) in [6.07, 6.45) is -3.02. The zero-order valence-corrected chi connectivity index (χ0v) is 17.6. The van der Waals surface area contributed by atoms with Crippen molar-refractivity contribution in [3.63, 3.8) is 0 Å². The van der Waals surface area contributed by atoms with Crippen molar-refractivity contribution >= 4 is 28.6 Å². The van der Waals surface area contributed by atoms with Crippen LogP contribution >= 0.6 is 0 Å². The van der Waals surface area contributed by atoms with Crippen LogP contribution < -0.4 is 15.5 Å². The average Bonchev–Trinajstić information content (AvgIpc) is 3.19. The number of benzene rings is 1. The van der Waals surface area contributed by atoms with E-state index in [1.165, 1.54) is 6.20 Å².